The number of carboxylic acid groups (broad SMARTS) is 1. The number of aromatic carboxylic acids is 1. The predicted molar refractivity (Wildman–Crippen MR) is 76.5 cm³/mol. The lowest BCUT2D eigenvalue weighted by molar-refractivity contribution is 0.0697. The van der Waals surface area contributed by atoms with Crippen molar-refractivity contribution in [1.29, 1.82) is 0 Å². The summed E-state index contributed by atoms with van der Waals surface area (Å²) in [6.45, 7) is 3.03. The second-order valence-corrected chi connectivity index (χ2v) is 4.46. The van der Waals surface area contributed by atoms with E-state index >= 15 is 0 Å². The molecule has 0 radical (unpaired) electrons. The molecule has 0 heterocycles. The van der Waals surface area contributed by atoms with Gasteiger partial charge in [-0.25, -0.2) is 9.18 Å². The van der Waals surface area contributed by atoms with Crippen LogP contribution in [0, 0.1) is 5.82 Å². The average Bonchev–Trinajstić information content (AvgIpc) is 2.46. The molecule has 0 aliphatic carbocycles. The number of nitrogens with zero attached hydrogens (tertiary/aromatic N) is 1. The highest BCUT2D eigenvalue weighted by Crippen LogP contribution is 2.20. The molecule has 3 nitrogen and oxygen atoms in total. The highest BCUT2D eigenvalue weighted by atomic mass is 19.1. The standard InChI is InChI=1S/C16H16FNO2/c1-2-18(11-13-6-3-4-9-15(13)17)14-8-5-7-12(10-14)16(19)20/h3-10H,2,11H2,1H3,(H,19,20). The number of rotatable bonds is 5. The molecular weight excluding hydrogens is 257 g/mol. The Hall–Kier alpha value is -2.36. The smallest absolute Gasteiger partial charge is 0.335 e. The zero-order valence-electron chi connectivity index (χ0n) is 11.2. The number of benzene rings is 2. The lowest BCUT2D eigenvalue weighted by atomic mass is 10.1. The molecule has 2 aromatic carbocycles. The van der Waals surface area contributed by atoms with Crippen LogP contribution in [0.1, 0.15) is 22.8 Å². The Bertz CT molecular complexity index is 613. The number of hydrogen-bond acceptors (Lipinski definition) is 2. The predicted octanol–water partition coefficient (Wildman–Crippen LogP) is 3.55. The second-order valence-electron chi connectivity index (χ2n) is 4.46. The van der Waals surface area contributed by atoms with Crippen LogP contribution >= 0.6 is 0 Å². The van der Waals surface area contributed by atoms with Crippen molar-refractivity contribution in [3.05, 3.63) is 65.5 Å². The van der Waals surface area contributed by atoms with Gasteiger partial charge < -0.3 is 10.0 Å². The molecule has 0 amide bonds. The number of halogens is 1. The van der Waals surface area contributed by atoms with E-state index in [0.717, 1.165) is 5.69 Å². The van der Waals surface area contributed by atoms with Gasteiger partial charge in [0.05, 0.1) is 5.56 Å². The molecule has 20 heavy (non-hydrogen) atoms. The molecule has 1 N–H and O–H groups in total. The zero-order valence-corrected chi connectivity index (χ0v) is 11.2. The van der Waals surface area contributed by atoms with E-state index in [-0.39, 0.29) is 11.4 Å². The molecule has 0 fully saturated rings. The van der Waals surface area contributed by atoms with Crippen LogP contribution < -0.4 is 4.90 Å². The Morgan fingerprint density at radius 1 is 1.20 bits per heavy atom. The van der Waals surface area contributed by atoms with E-state index in [1.165, 1.54) is 6.07 Å². The summed E-state index contributed by atoms with van der Waals surface area (Å²) in [5.41, 5.74) is 1.60. The maximum atomic E-state index is 13.7. The lowest BCUT2D eigenvalue weighted by Gasteiger charge is -2.23. The Labute approximate surface area is 117 Å². The Morgan fingerprint density at radius 3 is 2.60 bits per heavy atom. The molecule has 0 spiro atoms. The van der Waals surface area contributed by atoms with Crippen molar-refractivity contribution >= 4 is 11.7 Å². The fraction of sp³-hybridized carbons (Fsp3) is 0.188. The van der Waals surface area contributed by atoms with Crippen molar-refractivity contribution < 1.29 is 14.3 Å². The topological polar surface area (TPSA) is 40.5 Å². The van der Waals surface area contributed by atoms with E-state index in [1.807, 2.05) is 17.9 Å². The van der Waals surface area contributed by atoms with Crippen molar-refractivity contribution in [2.45, 2.75) is 13.5 Å². The van der Waals surface area contributed by atoms with Crippen molar-refractivity contribution in [3.63, 3.8) is 0 Å². The first-order valence-corrected chi connectivity index (χ1v) is 6.43. The van der Waals surface area contributed by atoms with E-state index in [4.69, 9.17) is 5.11 Å². The molecule has 0 aliphatic heterocycles. The summed E-state index contributed by atoms with van der Waals surface area (Å²) in [5, 5.41) is 9.02. The SMILES string of the molecule is CCN(Cc1ccccc1F)c1cccc(C(=O)O)c1. The minimum Gasteiger partial charge on any atom is -0.478 e. The van der Waals surface area contributed by atoms with Gasteiger partial charge in [0, 0.05) is 24.3 Å². The highest BCUT2D eigenvalue weighted by Gasteiger charge is 2.10. The quantitative estimate of drug-likeness (QED) is 0.905. The fourth-order valence-electron chi connectivity index (χ4n) is 2.05. The average molecular weight is 273 g/mol. The maximum absolute atomic E-state index is 13.7. The van der Waals surface area contributed by atoms with Crippen molar-refractivity contribution in [2.24, 2.45) is 0 Å². The molecule has 0 atom stereocenters. The molecule has 104 valence electrons. The minimum atomic E-state index is -0.964. The highest BCUT2D eigenvalue weighted by molar-refractivity contribution is 5.88. The molecule has 0 unspecified atom stereocenters. The Balaban J connectivity index is 2.26. The van der Waals surface area contributed by atoms with Crippen molar-refractivity contribution in [2.75, 3.05) is 11.4 Å². The van der Waals surface area contributed by atoms with Gasteiger partial charge in [0.15, 0.2) is 0 Å². The molecule has 0 saturated carbocycles. The van der Waals surface area contributed by atoms with E-state index in [2.05, 4.69) is 0 Å². The summed E-state index contributed by atoms with van der Waals surface area (Å²) in [7, 11) is 0. The zero-order chi connectivity index (χ0) is 14.5. The summed E-state index contributed by atoms with van der Waals surface area (Å²) in [5.74, 6) is -1.21. The van der Waals surface area contributed by atoms with Crippen LogP contribution in [0.3, 0.4) is 0 Å². The van der Waals surface area contributed by atoms with Crippen LogP contribution in [0.5, 0.6) is 0 Å². The number of hydrogen-bond donors (Lipinski definition) is 1. The fourth-order valence-corrected chi connectivity index (χ4v) is 2.05. The summed E-state index contributed by atoms with van der Waals surface area (Å²) in [6, 6.07) is 13.3. The Kier molecular flexibility index (Phi) is 4.35. The van der Waals surface area contributed by atoms with Crippen LogP contribution in [0.15, 0.2) is 48.5 Å². The van der Waals surface area contributed by atoms with E-state index < -0.39 is 5.97 Å². The third-order valence-electron chi connectivity index (χ3n) is 3.16. The summed E-state index contributed by atoms with van der Waals surface area (Å²) in [6.07, 6.45) is 0. The van der Waals surface area contributed by atoms with Gasteiger partial charge in [-0.3, -0.25) is 0 Å². The van der Waals surface area contributed by atoms with E-state index in [9.17, 15) is 9.18 Å². The normalized spacial score (nSPS) is 10.3. The van der Waals surface area contributed by atoms with Crippen LogP contribution in [-0.4, -0.2) is 17.6 Å². The molecule has 0 aromatic heterocycles. The summed E-state index contributed by atoms with van der Waals surface area (Å²) < 4.78 is 13.7. The molecule has 2 rings (SSSR count). The molecule has 0 saturated heterocycles. The molecular formula is C16H16FNO2. The van der Waals surface area contributed by atoms with Crippen molar-refractivity contribution in [1.82, 2.24) is 0 Å². The van der Waals surface area contributed by atoms with Crippen LogP contribution in [0.4, 0.5) is 10.1 Å². The first-order chi connectivity index (χ1) is 9.61. The third-order valence-corrected chi connectivity index (χ3v) is 3.16. The number of anilines is 1. The van der Waals surface area contributed by atoms with Gasteiger partial charge in [-0.15, -0.1) is 0 Å². The van der Waals surface area contributed by atoms with E-state index in [0.29, 0.717) is 18.7 Å². The van der Waals surface area contributed by atoms with Gasteiger partial charge in [0.1, 0.15) is 5.82 Å². The molecule has 0 bridgehead atoms. The maximum Gasteiger partial charge on any atom is 0.335 e. The molecule has 0 aliphatic rings. The van der Waals surface area contributed by atoms with Crippen molar-refractivity contribution in [3.8, 4) is 0 Å². The van der Waals surface area contributed by atoms with Gasteiger partial charge in [0.25, 0.3) is 0 Å². The van der Waals surface area contributed by atoms with Crippen LogP contribution in [-0.2, 0) is 6.54 Å². The number of carbonyl (C=O) groups is 1. The first-order valence-electron chi connectivity index (χ1n) is 6.43. The van der Waals surface area contributed by atoms with Gasteiger partial charge in [-0.05, 0) is 31.2 Å². The summed E-state index contributed by atoms with van der Waals surface area (Å²) in [4.78, 5) is 12.9. The van der Waals surface area contributed by atoms with Gasteiger partial charge in [-0.2, -0.15) is 0 Å². The molecule has 4 heteroatoms. The lowest BCUT2D eigenvalue weighted by Crippen LogP contribution is -2.22. The third kappa shape index (κ3) is 3.15. The monoisotopic (exact) mass is 273 g/mol. The van der Waals surface area contributed by atoms with Gasteiger partial charge in [0.2, 0.25) is 0 Å². The van der Waals surface area contributed by atoms with Gasteiger partial charge >= 0.3 is 5.97 Å². The number of carboxylic acids is 1. The molecule has 2 aromatic rings. The minimum absolute atomic E-state index is 0.231. The second kappa shape index (κ2) is 6.19. The van der Waals surface area contributed by atoms with E-state index in [1.54, 1.807) is 36.4 Å². The first kappa shape index (κ1) is 14.1. The van der Waals surface area contributed by atoms with Crippen LogP contribution in [0.2, 0.25) is 0 Å². The largest absolute Gasteiger partial charge is 0.478 e. The van der Waals surface area contributed by atoms with Crippen LogP contribution in [0.25, 0.3) is 0 Å². The Morgan fingerprint density at radius 2 is 1.95 bits per heavy atom. The summed E-state index contributed by atoms with van der Waals surface area (Å²) >= 11 is 0. The van der Waals surface area contributed by atoms with Gasteiger partial charge in [-0.1, -0.05) is 24.3 Å².